The van der Waals surface area contributed by atoms with E-state index in [1.54, 1.807) is 33.4 Å². The fourth-order valence-corrected chi connectivity index (χ4v) is 4.11. The maximum atomic E-state index is 2.42. The average Bonchev–Trinajstić information content (AvgIpc) is 2.36. The van der Waals surface area contributed by atoms with Gasteiger partial charge >= 0.3 is 0 Å². The Labute approximate surface area is 112 Å². The van der Waals surface area contributed by atoms with Crippen LogP contribution >= 0.6 is 0 Å². The zero-order valence-electron chi connectivity index (χ0n) is 12.4. The Hall–Kier alpha value is -0.780. The molecule has 0 radical (unpaired) electrons. The van der Waals surface area contributed by atoms with Crippen molar-refractivity contribution in [2.75, 3.05) is 0 Å². The molecule has 0 saturated carbocycles. The van der Waals surface area contributed by atoms with Crippen molar-refractivity contribution in [3.8, 4) is 0 Å². The number of fused-ring (bicyclic) bond motifs is 3. The third-order valence-electron chi connectivity index (χ3n) is 5.44. The van der Waals surface area contributed by atoms with Crippen molar-refractivity contribution in [2.45, 2.75) is 66.2 Å². The number of hydrogen-bond acceptors (Lipinski definition) is 0. The predicted molar refractivity (Wildman–Crippen MR) is 78.3 cm³/mol. The second-order valence-corrected chi connectivity index (χ2v) is 6.86. The molecule has 0 bridgehead atoms. The van der Waals surface area contributed by atoms with E-state index in [-0.39, 0.29) is 0 Å². The van der Waals surface area contributed by atoms with Crippen LogP contribution in [0.15, 0.2) is 0 Å². The van der Waals surface area contributed by atoms with Crippen LogP contribution in [-0.4, -0.2) is 0 Å². The zero-order chi connectivity index (χ0) is 12.9. The van der Waals surface area contributed by atoms with Gasteiger partial charge in [0.25, 0.3) is 0 Å². The van der Waals surface area contributed by atoms with Gasteiger partial charge in [-0.2, -0.15) is 0 Å². The number of benzene rings is 1. The molecule has 1 aromatic carbocycles. The molecule has 0 N–H and O–H groups in total. The zero-order valence-corrected chi connectivity index (χ0v) is 12.4. The highest BCUT2D eigenvalue weighted by molar-refractivity contribution is 5.53. The van der Waals surface area contributed by atoms with Crippen LogP contribution in [0.4, 0.5) is 0 Å². The molecule has 2 aliphatic rings. The van der Waals surface area contributed by atoms with E-state index < -0.39 is 0 Å². The molecule has 2 unspecified atom stereocenters. The first-order valence-electron chi connectivity index (χ1n) is 7.70. The monoisotopic (exact) mass is 242 g/mol. The molecule has 98 valence electrons. The summed E-state index contributed by atoms with van der Waals surface area (Å²) in [5.41, 5.74) is 10.2. The van der Waals surface area contributed by atoms with E-state index in [4.69, 9.17) is 0 Å². The molecule has 2 aliphatic carbocycles. The van der Waals surface area contributed by atoms with Gasteiger partial charge in [0.15, 0.2) is 0 Å². The predicted octanol–water partition coefficient (Wildman–Crippen LogP) is 4.55. The fourth-order valence-electron chi connectivity index (χ4n) is 4.11. The summed E-state index contributed by atoms with van der Waals surface area (Å²) in [7, 11) is 0. The Morgan fingerprint density at radius 1 is 0.667 bits per heavy atom. The van der Waals surface area contributed by atoms with Crippen LogP contribution in [-0.2, 0) is 25.7 Å². The first kappa shape index (κ1) is 12.3. The summed E-state index contributed by atoms with van der Waals surface area (Å²) < 4.78 is 0. The summed E-state index contributed by atoms with van der Waals surface area (Å²) in [6, 6.07) is 0. The van der Waals surface area contributed by atoms with E-state index in [0.29, 0.717) is 0 Å². The summed E-state index contributed by atoms with van der Waals surface area (Å²) in [6.07, 6.45) is 8.13. The van der Waals surface area contributed by atoms with E-state index in [2.05, 4.69) is 27.7 Å². The van der Waals surface area contributed by atoms with Crippen LogP contribution in [0.25, 0.3) is 0 Å². The van der Waals surface area contributed by atoms with Gasteiger partial charge in [-0.15, -0.1) is 0 Å². The van der Waals surface area contributed by atoms with Crippen LogP contribution in [0, 0.1) is 25.7 Å². The molecule has 0 aliphatic heterocycles. The largest absolute Gasteiger partial charge is 0.0622 e. The van der Waals surface area contributed by atoms with E-state index in [9.17, 15) is 0 Å². The lowest BCUT2D eigenvalue weighted by atomic mass is 9.72. The highest BCUT2D eigenvalue weighted by Gasteiger charge is 2.27. The minimum absolute atomic E-state index is 0.885. The molecule has 0 fully saturated rings. The molecule has 0 saturated heterocycles. The lowest BCUT2D eigenvalue weighted by molar-refractivity contribution is 0.473. The van der Waals surface area contributed by atoms with Crippen LogP contribution < -0.4 is 0 Å². The van der Waals surface area contributed by atoms with Gasteiger partial charge in [0.1, 0.15) is 0 Å². The maximum Gasteiger partial charge on any atom is -0.0247 e. The third-order valence-corrected chi connectivity index (χ3v) is 5.44. The topological polar surface area (TPSA) is 0 Å². The summed E-state index contributed by atoms with van der Waals surface area (Å²) in [4.78, 5) is 0. The normalized spacial score (nSPS) is 26.7. The second-order valence-electron chi connectivity index (χ2n) is 6.86. The maximum absolute atomic E-state index is 2.42. The van der Waals surface area contributed by atoms with E-state index >= 15 is 0 Å². The summed E-state index contributed by atoms with van der Waals surface area (Å²) >= 11 is 0. The molecule has 0 spiro atoms. The standard InChI is InChI=1S/C18H26/c1-11-5-7-15-16-8-6-12(2)10-18(16)14(4)13(3)17(15)9-11/h11-12H,5-10H2,1-4H3. The average molecular weight is 242 g/mol. The van der Waals surface area contributed by atoms with Crippen molar-refractivity contribution in [3.05, 3.63) is 33.4 Å². The molecule has 0 amide bonds. The van der Waals surface area contributed by atoms with E-state index in [1.807, 2.05) is 0 Å². The Morgan fingerprint density at radius 3 is 1.44 bits per heavy atom. The molecular weight excluding hydrogens is 216 g/mol. The fraction of sp³-hybridized carbons (Fsp3) is 0.667. The van der Waals surface area contributed by atoms with Crippen molar-refractivity contribution < 1.29 is 0 Å². The van der Waals surface area contributed by atoms with Gasteiger partial charge in [0, 0.05) is 0 Å². The van der Waals surface area contributed by atoms with E-state index in [1.165, 1.54) is 38.5 Å². The summed E-state index contributed by atoms with van der Waals surface area (Å²) in [6.45, 7) is 9.57. The Balaban J connectivity index is 2.18. The van der Waals surface area contributed by atoms with Crippen molar-refractivity contribution in [1.82, 2.24) is 0 Å². The van der Waals surface area contributed by atoms with Gasteiger partial charge < -0.3 is 0 Å². The van der Waals surface area contributed by atoms with Gasteiger partial charge in [0.05, 0.1) is 0 Å². The lowest BCUT2D eigenvalue weighted by Gasteiger charge is -2.33. The molecule has 2 atom stereocenters. The van der Waals surface area contributed by atoms with Crippen LogP contribution in [0.2, 0.25) is 0 Å². The third kappa shape index (κ3) is 1.81. The molecule has 0 heterocycles. The molecule has 0 aromatic heterocycles. The first-order chi connectivity index (χ1) is 8.58. The molecule has 0 heteroatoms. The highest BCUT2D eigenvalue weighted by Crippen LogP contribution is 2.39. The van der Waals surface area contributed by atoms with Gasteiger partial charge in [-0.25, -0.2) is 0 Å². The van der Waals surface area contributed by atoms with Gasteiger partial charge in [-0.1, -0.05) is 13.8 Å². The molecular formula is C18H26. The minimum Gasteiger partial charge on any atom is -0.0622 e. The van der Waals surface area contributed by atoms with Gasteiger partial charge in [-0.3, -0.25) is 0 Å². The quantitative estimate of drug-likeness (QED) is 0.626. The smallest absolute Gasteiger partial charge is 0.0247 e. The van der Waals surface area contributed by atoms with Crippen LogP contribution in [0.5, 0.6) is 0 Å². The minimum atomic E-state index is 0.885. The Bertz CT molecular complexity index is 437. The van der Waals surface area contributed by atoms with Crippen molar-refractivity contribution >= 4 is 0 Å². The molecule has 1 aromatic rings. The highest BCUT2D eigenvalue weighted by atomic mass is 14.3. The molecule has 18 heavy (non-hydrogen) atoms. The number of rotatable bonds is 0. The van der Waals surface area contributed by atoms with Crippen molar-refractivity contribution in [2.24, 2.45) is 11.8 Å². The van der Waals surface area contributed by atoms with Crippen molar-refractivity contribution in [3.63, 3.8) is 0 Å². The SMILES string of the molecule is Cc1c(C)c2c(c3c1CC(C)CC3)CCC(C)C2. The second kappa shape index (κ2) is 4.40. The van der Waals surface area contributed by atoms with Gasteiger partial charge in [-0.05, 0) is 97.6 Å². The van der Waals surface area contributed by atoms with Crippen molar-refractivity contribution in [1.29, 1.82) is 0 Å². The first-order valence-corrected chi connectivity index (χ1v) is 7.70. The van der Waals surface area contributed by atoms with Crippen LogP contribution in [0.1, 0.15) is 60.1 Å². The Kier molecular flexibility index (Phi) is 3.00. The van der Waals surface area contributed by atoms with E-state index in [0.717, 1.165) is 11.8 Å². The van der Waals surface area contributed by atoms with Crippen LogP contribution in [0.3, 0.4) is 0 Å². The lowest BCUT2D eigenvalue weighted by Crippen LogP contribution is -2.22. The summed E-state index contributed by atoms with van der Waals surface area (Å²) in [5, 5.41) is 0. The number of hydrogen-bond donors (Lipinski definition) is 0. The Morgan fingerprint density at radius 2 is 1.06 bits per heavy atom. The summed E-state index contributed by atoms with van der Waals surface area (Å²) in [5.74, 6) is 1.77. The molecule has 0 nitrogen and oxygen atoms in total. The van der Waals surface area contributed by atoms with Gasteiger partial charge in [0.2, 0.25) is 0 Å². The molecule has 3 rings (SSSR count).